The summed E-state index contributed by atoms with van der Waals surface area (Å²) in [5.41, 5.74) is 0.599. The van der Waals surface area contributed by atoms with Crippen molar-refractivity contribution < 1.29 is 39.5 Å². The number of carboxylic acid groups (broad SMARTS) is 1. The minimum Gasteiger partial charge on any atom is -0.481 e. The number of carbonyl (C=O) groups is 3. The van der Waals surface area contributed by atoms with Crippen molar-refractivity contribution in [3.8, 4) is 0 Å². The van der Waals surface area contributed by atoms with E-state index < -0.39 is 41.7 Å². The fraction of sp³-hybridized carbons (Fsp3) is 0.761. The number of hydrogen-bond acceptors (Lipinski definition) is 8. The van der Waals surface area contributed by atoms with E-state index in [0.29, 0.717) is 29.8 Å². The molecule has 0 bridgehead atoms. The van der Waals surface area contributed by atoms with Gasteiger partial charge < -0.3 is 25.2 Å². The highest BCUT2D eigenvalue weighted by molar-refractivity contribution is 6.30. The number of aliphatic carboxylic acids is 1. The zero-order valence-corrected chi connectivity index (χ0v) is 36.0. The van der Waals surface area contributed by atoms with Crippen molar-refractivity contribution in [2.24, 2.45) is 56.2 Å². The van der Waals surface area contributed by atoms with Gasteiger partial charge >= 0.3 is 11.9 Å². The Morgan fingerprint density at radius 3 is 2.20 bits per heavy atom. The maximum Gasteiger partial charge on any atom is 0.309 e. The number of rotatable bonds is 12. The molecule has 10 heteroatoms. The van der Waals surface area contributed by atoms with Gasteiger partial charge in [0, 0.05) is 35.4 Å². The van der Waals surface area contributed by atoms with Gasteiger partial charge in [-0.2, -0.15) is 0 Å². The molecule has 5 aliphatic rings. The molecule has 1 aromatic rings. The second-order valence-electron chi connectivity index (χ2n) is 20.8. The summed E-state index contributed by atoms with van der Waals surface area (Å²) in [5.74, 6) is -0.435. The van der Waals surface area contributed by atoms with E-state index in [2.05, 4.69) is 48.5 Å². The molecule has 5 aliphatic carbocycles. The van der Waals surface area contributed by atoms with Gasteiger partial charge in [-0.25, -0.2) is 0 Å². The molecule has 0 spiro atoms. The third kappa shape index (κ3) is 6.91. The number of carboxylic acids is 1. The predicted molar refractivity (Wildman–Crippen MR) is 216 cm³/mol. The van der Waals surface area contributed by atoms with Gasteiger partial charge in [0.05, 0.1) is 24.5 Å². The minimum atomic E-state index is -1.19. The summed E-state index contributed by atoms with van der Waals surface area (Å²) in [5, 5.41) is 43.8. The zero-order valence-electron chi connectivity index (χ0n) is 35.3. The summed E-state index contributed by atoms with van der Waals surface area (Å²) in [6.45, 7) is 19.2. The van der Waals surface area contributed by atoms with Gasteiger partial charge in [0.2, 0.25) is 0 Å². The monoisotopic (exact) mass is 797 g/mol. The Hall–Kier alpha value is -2.30. The third-order valence-electron chi connectivity index (χ3n) is 16.8. The first kappa shape index (κ1) is 43.3. The fourth-order valence-electron chi connectivity index (χ4n) is 13.5. The van der Waals surface area contributed by atoms with Crippen LogP contribution < -0.4 is 0 Å². The van der Waals surface area contributed by atoms with Crippen LogP contribution in [0.4, 0.5) is 0 Å². The summed E-state index contributed by atoms with van der Waals surface area (Å²) >= 11 is 6.15. The highest BCUT2D eigenvalue weighted by atomic mass is 35.5. The molecule has 6 rings (SSSR count). The quantitative estimate of drug-likeness (QED) is 0.122. The summed E-state index contributed by atoms with van der Waals surface area (Å²) in [6.07, 6.45) is 4.93. The zero-order chi connectivity index (χ0) is 41.4. The second kappa shape index (κ2) is 15.1. The van der Waals surface area contributed by atoms with Crippen molar-refractivity contribution in [1.29, 1.82) is 0 Å². The number of fused-ring (bicyclic) bond motifs is 7. The highest BCUT2D eigenvalue weighted by Gasteiger charge is 2.71. The molecule has 4 fully saturated rings. The molecule has 10 atom stereocenters. The van der Waals surface area contributed by atoms with E-state index in [-0.39, 0.29) is 64.8 Å². The summed E-state index contributed by atoms with van der Waals surface area (Å²) in [6, 6.07) is 7.35. The van der Waals surface area contributed by atoms with Crippen LogP contribution in [-0.4, -0.2) is 74.6 Å². The van der Waals surface area contributed by atoms with Crippen LogP contribution in [0.25, 0.3) is 0 Å². The number of aliphatic hydroxyl groups excluding tert-OH is 3. The standard InChI is InChI=1S/C46H68ClNO8/c1-27(2)38-31(50)22-46(34(51)25-48(36(52)26-49)24-28-10-12-29(47)13-11-28)21-20-44(8)30(39(38)46)14-15-33-43(7)18-17-35(56-37(53)23-41(3,4)40(54)55)42(5,6)32(43)16-19-45(33,44)9/h10-13,27,30,32-36,49,51-52H,14-26H2,1-9H3,(H,54,55)/t30-,32+,33-,34+,35+,36?,43+,44-,45-,46+/m1/s1. The number of aliphatic hydroxyl groups is 3. The van der Waals surface area contributed by atoms with Crippen LogP contribution in [0.15, 0.2) is 35.4 Å². The number of allylic oxidation sites excluding steroid dienone is 1. The molecule has 0 heterocycles. The van der Waals surface area contributed by atoms with E-state index >= 15 is 0 Å². The lowest BCUT2D eigenvalue weighted by Crippen LogP contribution is -2.66. The number of carbonyl (C=O) groups excluding carboxylic acids is 2. The van der Waals surface area contributed by atoms with Gasteiger partial charge in [0.1, 0.15) is 12.3 Å². The van der Waals surface area contributed by atoms with Crippen molar-refractivity contribution >= 4 is 29.3 Å². The fourth-order valence-corrected chi connectivity index (χ4v) is 13.7. The lowest BCUT2D eigenvalue weighted by Gasteiger charge is -2.72. The smallest absolute Gasteiger partial charge is 0.309 e. The van der Waals surface area contributed by atoms with E-state index in [9.17, 15) is 34.8 Å². The van der Waals surface area contributed by atoms with Crippen LogP contribution >= 0.6 is 11.6 Å². The Bertz CT molecular complexity index is 1720. The molecule has 9 nitrogen and oxygen atoms in total. The minimum absolute atomic E-state index is 0.00509. The second-order valence-corrected chi connectivity index (χ2v) is 21.2. The Morgan fingerprint density at radius 1 is 0.929 bits per heavy atom. The Morgan fingerprint density at radius 2 is 1.59 bits per heavy atom. The molecule has 0 aromatic heterocycles. The number of ketones is 1. The molecule has 0 radical (unpaired) electrons. The van der Waals surface area contributed by atoms with Crippen LogP contribution in [0.3, 0.4) is 0 Å². The number of hydrogen-bond donors (Lipinski definition) is 4. The number of halogens is 1. The normalized spacial score (nSPS) is 36.4. The molecule has 1 unspecified atom stereocenters. The number of esters is 1. The Labute approximate surface area is 339 Å². The number of benzene rings is 1. The van der Waals surface area contributed by atoms with Crippen LogP contribution in [-0.2, 0) is 25.7 Å². The van der Waals surface area contributed by atoms with Crippen LogP contribution in [0.1, 0.15) is 132 Å². The SMILES string of the molecule is CC(C)C1=C2[C@H]3CC[C@@H]4[C@@]5(C)CC[C@H](OC(=O)CC(C)(C)C(=O)O)C(C)(C)[C@@H]5CC[C@@]4(C)[C@]3(C)CC[C@@]2([C@@H](O)CN(Cc2ccc(Cl)cc2)C(O)CO)CC1=O. The molecule has 4 N–H and O–H groups in total. The first-order valence-electron chi connectivity index (χ1n) is 21.1. The van der Waals surface area contributed by atoms with Crippen LogP contribution in [0.5, 0.6) is 0 Å². The van der Waals surface area contributed by atoms with E-state index in [0.717, 1.165) is 61.7 Å². The third-order valence-corrected chi connectivity index (χ3v) is 17.0. The lowest BCUT2D eigenvalue weighted by molar-refractivity contribution is -0.235. The van der Waals surface area contributed by atoms with Crippen molar-refractivity contribution in [1.82, 2.24) is 4.90 Å². The van der Waals surface area contributed by atoms with Gasteiger partial charge in [-0.05, 0) is 128 Å². The molecule has 1 aromatic carbocycles. The first-order valence-corrected chi connectivity index (χ1v) is 21.5. The maximum atomic E-state index is 14.2. The molecular formula is C46H68ClNO8. The number of nitrogens with zero attached hydrogens (tertiary/aromatic N) is 1. The van der Waals surface area contributed by atoms with E-state index in [1.807, 2.05) is 12.1 Å². The van der Waals surface area contributed by atoms with Gasteiger partial charge in [-0.3, -0.25) is 19.3 Å². The summed E-state index contributed by atoms with van der Waals surface area (Å²) in [4.78, 5) is 40.8. The van der Waals surface area contributed by atoms with E-state index in [1.54, 1.807) is 30.9 Å². The van der Waals surface area contributed by atoms with Gasteiger partial charge in [0.25, 0.3) is 0 Å². The number of ether oxygens (including phenoxy) is 1. The van der Waals surface area contributed by atoms with Crippen LogP contribution in [0.2, 0.25) is 5.02 Å². The van der Waals surface area contributed by atoms with Gasteiger partial charge in [-0.1, -0.05) is 77.8 Å². The molecule has 312 valence electrons. The maximum absolute atomic E-state index is 14.2. The van der Waals surface area contributed by atoms with Crippen molar-refractivity contribution in [3.63, 3.8) is 0 Å². The van der Waals surface area contributed by atoms with Gasteiger partial charge in [-0.15, -0.1) is 0 Å². The van der Waals surface area contributed by atoms with E-state index in [4.69, 9.17) is 16.3 Å². The van der Waals surface area contributed by atoms with Crippen molar-refractivity contribution in [2.75, 3.05) is 13.2 Å². The summed E-state index contributed by atoms with van der Waals surface area (Å²) in [7, 11) is 0. The average molecular weight is 799 g/mol. The predicted octanol–water partition coefficient (Wildman–Crippen LogP) is 8.21. The Balaban J connectivity index is 1.29. The summed E-state index contributed by atoms with van der Waals surface area (Å²) < 4.78 is 6.16. The molecule has 0 amide bonds. The molecule has 4 saturated carbocycles. The van der Waals surface area contributed by atoms with Gasteiger partial charge in [0.15, 0.2) is 5.78 Å². The molecule has 0 aliphatic heterocycles. The lowest BCUT2D eigenvalue weighted by atomic mass is 9.33. The largest absolute Gasteiger partial charge is 0.481 e. The molecule has 0 saturated heterocycles. The topological polar surface area (TPSA) is 145 Å². The number of Topliss-reactive ketones (excluding diaryl/α,β-unsaturated/α-hetero) is 1. The first-order chi connectivity index (χ1) is 26.0. The van der Waals surface area contributed by atoms with Crippen molar-refractivity contribution in [2.45, 2.75) is 152 Å². The molecular weight excluding hydrogens is 730 g/mol. The van der Waals surface area contributed by atoms with Crippen LogP contribution in [0, 0.1) is 56.2 Å². The highest BCUT2D eigenvalue weighted by Crippen LogP contribution is 2.77. The average Bonchev–Trinajstić information content (AvgIpc) is 3.43. The molecule has 56 heavy (non-hydrogen) atoms. The van der Waals surface area contributed by atoms with Crippen molar-refractivity contribution in [3.05, 3.63) is 46.0 Å². The Kier molecular flexibility index (Phi) is 11.6. The van der Waals surface area contributed by atoms with E-state index in [1.165, 1.54) is 0 Å².